The van der Waals surface area contributed by atoms with Gasteiger partial charge in [0.05, 0.1) is 0 Å². The lowest BCUT2D eigenvalue weighted by Gasteiger charge is -1.97. The highest BCUT2D eigenvalue weighted by Gasteiger charge is 2.12. The summed E-state index contributed by atoms with van der Waals surface area (Å²) >= 11 is 0. The van der Waals surface area contributed by atoms with Crippen molar-refractivity contribution in [1.29, 1.82) is 0 Å². The number of aliphatic imine (C=N–C) groups is 1. The summed E-state index contributed by atoms with van der Waals surface area (Å²) in [6.07, 6.45) is 2.20. The van der Waals surface area contributed by atoms with Crippen LogP contribution in [0.25, 0.3) is 0 Å². The van der Waals surface area contributed by atoms with Gasteiger partial charge in [-0.25, -0.2) is 9.38 Å². The van der Waals surface area contributed by atoms with Crippen LogP contribution in [0, 0.1) is 0 Å². The number of halogens is 1. The van der Waals surface area contributed by atoms with Gasteiger partial charge in [0.1, 0.15) is 0 Å². The molecule has 1 aliphatic heterocycles. The lowest BCUT2D eigenvalue weighted by Crippen LogP contribution is -2.12. The zero-order chi connectivity index (χ0) is 5.98. The predicted molar refractivity (Wildman–Crippen MR) is 27.5 cm³/mol. The fourth-order valence-electron chi connectivity index (χ4n) is 0.416. The summed E-state index contributed by atoms with van der Waals surface area (Å²) in [5.41, 5.74) is 0. The molecule has 8 heavy (non-hydrogen) atoms. The summed E-state index contributed by atoms with van der Waals surface area (Å²) in [7, 11) is 0. The fraction of sp³-hybridized carbons (Fsp3) is 0.200. The normalized spacial score (nSPS) is 26.6. The molecule has 2 nitrogen and oxygen atoms in total. The number of rotatable bonds is 0. The molecule has 0 bridgehead atoms. The highest BCUT2D eigenvalue weighted by Crippen LogP contribution is 1.98. The predicted octanol–water partition coefficient (Wildman–Crippen LogP) is 0.492. The quantitative estimate of drug-likeness (QED) is 0.420. The lowest BCUT2D eigenvalue weighted by atomic mass is 10.3. The minimum atomic E-state index is -1.65. The maximum atomic E-state index is 12.0. The first-order valence-electron chi connectivity index (χ1n) is 2.18. The largest absolute Gasteiger partial charge is 0.289 e. The molecular formula is C5H4FNO. The highest BCUT2D eigenvalue weighted by molar-refractivity contribution is 5.99. The van der Waals surface area contributed by atoms with Crippen LogP contribution in [0.2, 0.25) is 0 Å². The average Bonchev–Trinajstić information content (AvgIpc) is 1.77. The Morgan fingerprint density at radius 2 is 2.50 bits per heavy atom. The lowest BCUT2D eigenvalue weighted by molar-refractivity contribution is -0.118. The third-order valence-corrected chi connectivity index (χ3v) is 0.798. The molecule has 1 aliphatic rings. The Morgan fingerprint density at radius 1 is 1.75 bits per heavy atom. The summed E-state index contributed by atoms with van der Waals surface area (Å²) in [5, 5.41) is 0. The van der Waals surface area contributed by atoms with Crippen LogP contribution < -0.4 is 0 Å². The number of ketones is 1. The summed E-state index contributed by atoms with van der Waals surface area (Å²) in [6.45, 7) is 0. The molecular weight excluding hydrogens is 109 g/mol. The summed E-state index contributed by atoms with van der Waals surface area (Å²) in [5.74, 6) is -0.576. The second-order valence-electron chi connectivity index (χ2n) is 1.40. The van der Waals surface area contributed by atoms with Crippen LogP contribution in [0.5, 0.6) is 0 Å². The third kappa shape index (κ3) is 0.804. The van der Waals surface area contributed by atoms with E-state index in [1.807, 2.05) is 0 Å². The van der Waals surface area contributed by atoms with Gasteiger partial charge in [0.25, 0.3) is 6.30 Å². The van der Waals surface area contributed by atoms with Gasteiger partial charge in [-0.2, -0.15) is 0 Å². The Bertz CT molecular complexity index is 162. The molecule has 0 fully saturated rings. The molecule has 1 atom stereocenters. The molecule has 0 saturated carbocycles. The van der Waals surface area contributed by atoms with Crippen molar-refractivity contribution in [1.82, 2.24) is 0 Å². The van der Waals surface area contributed by atoms with Gasteiger partial charge in [-0.1, -0.05) is 0 Å². The average molecular weight is 113 g/mol. The van der Waals surface area contributed by atoms with E-state index < -0.39 is 12.1 Å². The van der Waals surface area contributed by atoms with Crippen LogP contribution in [0.4, 0.5) is 4.39 Å². The molecule has 0 amide bonds. The standard InChI is InChI=1S/C5H4FNO/c6-5-4(8)2-1-3-7-5/h1-3,5H. The van der Waals surface area contributed by atoms with Crippen molar-refractivity contribution in [2.24, 2.45) is 4.99 Å². The third-order valence-electron chi connectivity index (χ3n) is 0.798. The van der Waals surface area contributed by atoms with Crippen LogP contribution in [-0.2, 0) is 4.79 Å². The van der Waals surface area contributed by atoms with Gasteiger partial charge in [0.2, 0.25) is 5.78 Å². The maximum Gasteiger partial charge on any atom is 0.252 e. The first-order valence-corrected chi connectivity index (χ1v) is 2.18. The second-order valence-corrected chi connectivity index (χ2v) is 1.40. The van der Waals surface area contributed by atoms with Crippen LogP contribution >= 0.6 is 0 Å². The number of carbonyl (C=O) groups is 1. The molecule has 0 saturated heterocycles. The molecule has 0 aromatic heterocycles. The fourth-order valence-corrected chi connectivity index (χ4v) is 0.416. The second kappa shape index (κ2) is 1.86. The Hall–Kier alpha value is -0.990. The monoisotopic (exact) mass is 113 g/mol. The van der Waals surface area contributed by atoms with E-state index in [1.165, 1.54) is 12.3 Å². The molecule has 42 valence electrons. The van der Waals surface area contributed by atoms with E-state index in [4.69, 9.17) is 0 Å². The van der Waals surface area contributed by atoms with E-state index in [2.05, 4.69) is 4.99 Å². The molecule has 1 rings (SSSR count). The van der Waals surface area contributed by atoms with Crippen molar-refractivity contribution in [3.8, 4) is 0 Å². The van der Waals surface area contributed by atoms with Crippen molar-refractivity contribution < 1.29 is 9.18 Å². The zero-order valence-electron chi connectivity index (χ0n) is 4.04. The molecule has 3 heteroatoms. The summed E-state index contributed by atoms with van der Waals surface area (Å²) < 4.78 is 12.0. The Balaban J connectivity index is 2.74. The first-order chi connectivity index (χ1) is 3.80. The van der Waals surface area contributed by atoms with Gasteiger partial charge in [0, 0.05) is 6.21 Å². The topological polar surface area (TPSA) is 29.4 Å². The zero-order valence-corrected chi connectivity index (χ0v) is 4.04. The Morgan fingerprint density at radius 3 is 2.88 bits per heavy atom. The van der Waals surface area contributed by atoms with Crippen LogP contribution in [0.1, 0.15) is 0 Å². The SMILES string of the molecule is O=C1C=CC=NC1F. The van der Waals surface area contributed by atoms with E-state index >= 15 is 0 Å². The van der Waals surface area contributed by atoms with Gasteiger partial charge < -0.3 is 0 Å². The number of hydrogen-bond acceptors (Lipinski definition) is 2. The molecule has 0 aliphatic carbocycles. The Labute approximate surface area is 45.7 Å². The highest BCUT2D eigenvalue weighted by atomic mass is 19.1. The minimum Gasteiger partial charge on any atom is -0.289 e. The molecule has 0 aromatic carbocycles. The number of carbonyl (C=O) groups excluding carboxylic acids is 1. The van der Waals surface area contributed by atoms with Crippen molar-refractivity contribution in [3.63, 3.8) is 0 Å². The number of nitrogens with zero attached hydrogens (tertiary/aromatic N) is 1. The smallest absolute Gasteiger partial charge is 0.252 e. The van der Waals surface area contributed by atoms with Crippen molar-refractivity contribution in [3.05, 3.63) is 12.2 Å². The van der Waals surface area contributed by atoms with Gasteiger partial charge in [-0.15, -0.1) is 0 Å². The molecule has 0 spiro atoms. The molecule has 0 radical (unpaired) electrons. The molecule has 1 heterocycles. The molecule has 0 aromatic rings. The maximum absolute atomic E-state index is 12.0. The van der Waals surface area contributed by atoms with Gasteiger partial charge in [0.15, 0.2) is 0 Å². The van der Waals surface area contributed by atoms with E-state index in [-0.39, 0.29) is 0 Å². The van der Waals surface area contributed by atoms with E-state index in [9.17, 15) is 9.18 Å². The molecule has 0 N–H and O–H groups in total. The number of hydrogen-bond donors (Lipinski definition) is 0. The van der Waals surface area contributed by atoms with E-state index in [0.29, 0.717) is 0 Å². The van der Waals surface area contributed by atoms with Crippen molar-refractivity contribution in [2.45, 2.75) is 6.30 Å². The molecule has 1 unspecified atom stereocenters. The van der Waals surface area contributed by atoms with Crippen LogP contribution in [0.15, 0.2) is 17.1 Å². The number of dihydropyridines is 1. The number of allylic oxidation sites excluding steroid dienone is 1. The van der Waals surface area contributed by atoms with Crippen LogP contribution in [0.3, 0.4) is 0 Å². The number of alkyl halides is 1. The first kappa shape index (κ1) is 5.15. The van der Waals surface area contributed by atoms with Crippen molar-refractivity contribution >= 4 is 12.0 Å². The summed E-state index contributed by atoms with van der Waals surface area (Å²) in [6, 6.07) is 0. The van der Waals surface area contributed by atoms with Gasteiger partial charge >= 0.3 is 0 Å². The van der Waals surface area contributed by atoms with Gasteiger partial charge in [-0.3, -0.25) is 4.79 Å². The van der Waals surface area contributed by atoms with Crippen LogP contribution in [-0.4, -0.2) is 18.3 Å². The van der Waals surface area contributed by atoms with E-state index in [1.54, 1.807) is 0 Å². The van der Waals surface area contributed by atoms with E-state index in [0.717, 1.165) is 6.08 Å². The van der Waals surface area contributed by atoms with Crippen molar-refractivity contribution in [2.75, 3.05) is 0 Å². The minimum absolute atomic E-state index is 0.576. The summed E-state index contributed by atoms with van der Waals surface area (Å²) in [4.78, 5) is 13.4. The Kier molecular flexibility index (Phi) is 1.20. The van der Waals surface area contributed by atoms with Gasteiger partial charge in [-0.05, 0) is 12.2 Å².